The lowest BCUT2D eigenvalue weighted by Crippen LogP contribution is -2.59. The van der Waals surface area contributed by atoms with E-state index in [9.17, 15) is 0 Å². The minimum Gasteiger partial charge on any atom is -0.374 e. The Morgan fingerprint density at radius 1 is 0.720 bits per heavy atom. The first kappa shape index (κ1) is 25.3. The molecule has 4 nitrogen and oxygen atoms in total. The molecular weight excluding hydrogens is 346 g/mol. The zero-order valence-electron chi connectivity index (χ0n) is 18.6. The third-order valence-electron chi connectivity index (χ3n) is 5.50. The van der Waals surface area contributed by atoms with Crippen molar-refractivity contribution < 1.29 is 13.3 Å². The Kier molecular flexibility index (Phi) is 12.0. The SMILES string of the molecule is CCO[Si](CCCN(C)[Si](C(C)C)(C(C)C)C(C)C)(OCC)OCC. The van der Waals surface area contributed by atoms with Crippen LogP contribution in [0.5, 0.6) is 0 Å². The highest BCUT2D eigenvalue weighted by atomic mass is 28.4. The topological polar surface area (TPSA) is 30.9 Å². The molecule has 0 amide bonds. The van der Waals surface area contributed by atoms with Crippen molar-refractivity contribution in [2.45, 2.75) is 91.4 Å². The zero-order chi connectivity index (χ0) is 19.7. The van der Waals surface area contributed by atoms with Crippen molar-refractivity contribution >= 4 is 17.0 Å². The van der Waals surface area contributed by atoms with Gasteiger partial charge in [0, 0.05) is 25.9 Å². The number of nitrogens with zero attached hydrogens (tertiary/aromatic N) is 1. The van der Waals surface area contributed by atoms with E-state index < -0.39 is 17.0 Å². The second-order valence-electron chi connectivity index (χ2n) is 7.86. The maximum absolute atomic E-state index is 6.01. The van der Waals surface area contributed by atoms with Crippen molar-refractivity contribution in [2.75, 3.05) is 33.4 Å². The molecular formula is C19H45NO3Si2. The van der Waals surface area contributed by atoms with Crippen LogP contribution in [-0.2, 0) is 13.3 Å². The first-order chi connectivity index (χ1) is 11.6. The van der Waals surface area contributed by atoms with Crippen molar-refractivity contribution in [2.24, 2.45) is 0 Å². The van der Waals surface area contributed by atoms with Crippen LogP contribution >= 0.6 is 0 Å². The standard InChI is InChI=1S/C19H45NO3Si2/c1-11-21-24(22-12-2,23-13-3)16-14-15-20(10)25(17(4)5,18(6)7)19(8)9/h17-19H,11-16H2,1-10H3. The fourth-order valence-corrected chi connectivity index (χ4v) is 14.8. The van der Waals surface area contributed by atoms with Gasteiger partial charge in [-0.25, -0.2) is 0 Å². The van der Waals surface area contributed by atoms with Crippen LogP contribution in [-0.4, -0.2) is 55.0 Å². The van der Waals surface area contributed by atoms with E-state index >= 15 is 0 Å². The van der Waals surface area contributed by atoms with Gasteiger partial charge in [-0.3, -0.25) is 0 Å². The molecule has 0 bridgehead atoms. The van der Waals surface area contributed by atoms with E-state index in [4.69, 9.17) is 13.3 Å². The fourth-order valence-electron chi connectivity index (χ4n) is 5.05. The first-order valence-electron chi connectivity index (χ1n) is 10.3. The molecule has 0 aromatic rings. The van der Waals surface area contributed by atoms with Gasteiger partial charge in [-0.05, 0) is 57.4 Å². The second-order valence-corrected chi connectivity index (χ2v) is 16.6. The Morgan fingerprint density at radius 3 is 1.36 bits per heavy atom. The summed E-state index contributed by atoms with van der Waals surface area (Å²) in [6.07, 6.45) is 1.07. The molecule has 0 aliphatic carbocycles. The van der Waals surface area contributed by atoms with E-state index in [1.807, 2.05) is 20.8 Å². The molecule has 152 valence electrons. The van der Waals surface area contributed by atoms with Crippen molar-refractivity contribution in [1.82, 2.24) is 4.57 Å². The van der Waals surface area contributed by atoms with Gasteiger partial charge in [0.1, 0.15) is 8.24 Å². The highest BCUT2D eigenvalue weighted by Gasteiger charge is 2.47. The van der Waals surface area contributed by atoms with E-state index in [2.05, 4.69) is 53.2 Å². The fraction of sp³-hybridized carbons (Fsp3) is 1.00. The van der Waals surface area contributed by atoms with Crippen molar-refractivity contribution in [1.29, 1.82) is 0 Å². The maximum Gasteiger partial charge on any atom is 0.500 e. The molecule has 0 aromatic carbocycles. The van der Waals surface area contributed by atoms with Crippen LogP contribution in [0.1, 0.15) is 68.7 Å². The van der Waals surface area contributed by atoms with Crippen LogP contribution in [0.15, 0.2) is 0 Å². The average Bonchev–Trinajstić information content (AvgIpc) is 2.47. The molecule has 0 radical (unpaired) electrons. The normalized spacial score (nSPS) is 13.7. The second kappa shape index (κ2) is 11.9. The molecule has 0 fully saturated rings. The first-order valence-corrected chi connectivity index (χ1v) is 14.4. The van der Waals surface area contributed by atoms with Crippen LogP contribution in [0.25, 0.3) is 0 Å². The lowest BCUT2D eigenvalue weighted by atomic mass is 10.5. The molecule has 25 heavy (non-hydrogen) atoms. The molecule has 0 aromatic heterocycles. The molecule has 0 unspecified atom stereocenters. The smallest absolute Gasteiger partial charge is 0.374 e. The summed E-state index contributed by atoms with van der Waals surface area (Å²) >= 11 is 0. The van der Waals surface area contributed by atoms with E-state index in [1.54, 1.807) is 0 Å². The maximum atomic E-state index is 6.01. The summed E-state index contributed by atoms with van der Waals surface area (Å²) in [5.74, 6) is 0. The Morgan fingerprint density at radius 2 is 1.08 bits per heavy atom. The van der Waals surface area contributed by atoms with Gasteiger partial charge in [0.25, 0.3) is 0 Å². The van der Waals surface area contributed by atoms with Crippen LogP contribution < -0.4 is 0 Å². The van der Waals surface area contributed by atoms with Gasteiger partial charge in [-0.15, -0.1) is 0 Å². The minimum atomic E-state index is -2.51. The summed E-state index contributed by atoms with van der Waals surface area (Å²) < 4.78 is 20.7. The van der Waals surface area contributed by atoms with Crippen LogP contribution in [0, 0.1) is 0 Å². The molecule has 0 rings (SSSR count). The Hall–Kier alpha value is 0.274. The average molecular weight is 392 g/mol. The monoisotopic (exact) mass is 391 g/mol. The summed E-state index contributed by atoms with van der Waals surface area (Å²) in [5.41, 5.74) is 2.22. The largest absolute Gasteiger partial charge is 0.500 e. The van der Waals surface area contributed by atoms with Crippen molar-refractivity contribution in [3.63, 3.8) is 0 Å². The lowest BCUT2D eigenvalue weighted by molar-refractivity contribution is 0.0705. The predicted molar refractivity (Wildman–Crippen MR) is 114 cm³/mol. The highest BCUT2D eigenvalue weighted by Crippen LogP contribution is 2.43. The third kappa shape index (κ3) is 6.43. The van der Waals surface area contributed by atoms with Crippen molar-refractivity contribution in [3.8, 4) is 0 Å². The van der Waals surface area contributed by atoms with E-state index in [0.29, 0.717) is 19.8 Å². The van der Waals surface area contributed by atoms with E-state index in [-0.39, 0.29) is 0 Å². The summed E-state index contributed by atoms with van der Waals surface area (Å²) in [7, 11) is -1.73. The van der Waals surface area contributed by atoms with Gasteiger partial charge in [0.2, 0.25) is 0 Å². The van der Waals surface area contributed by atoms with Crippen molar-refractivity contribution in [3.05, 3.63) is 0 Å². The van der Waals surface area contributed by atoms with Gasteiger partial charge in [0.15, 0.2) is 0 Å². The molecule has 0 aliphatic rings. The van der Waals surface area contributed by atoms with Gasteiger partial charge < -0.3 is 17.8 Å². The lowest BCUT2D eigenvalue weighted by Gasteiger charge is -2.49. The Labute approximate surface area is 160 Å². The molecule has 0 spiro atoms. The molecule has 0 aliphatic heterocycles. The summed E-state index contributed by atoms with van der Waals surface area (Å²) in [6, 6.07) is 0.908. The Balaban J connectivity index is 5.11. The number of hydrogen-bond acceptors (Lipinski definition) is 4. The molecule has 0 saturated carbocycles. The molecule has 0 heterocycles. The van der Waals surface area contributed by atoms with Gasteiger partial charge in [-0.1, -0.05) is 41.5 Å². The third-order valence-corrected chi connectivity index (χ3v) is 15.8. The van der Waals surface area contributed by atoms with Gasteiger partial charge in [0.05, 0.1) is 0 Å². The summed E-state index contributed by atoms with van der Waals surface area (Å²) in [6.45, 7) is 23.7. The number of hydrogen-bond donors (Lipinski definition) is 0. The van der Waals surface area contributed by atoms with Gasteiger partial charge in [-0.2, -0.15) is 0 Å². The minimum absolute atomic E-state index is 0.657. The summed E-state index contributed by atoms with van der Waals surface area (Å²) in [4.78, 5) is 0. The molecule has 0 atom stereocenters. The van der Waals surface area contributed by atoms with E-state index in [1.165, 1.54) is 0 Å². The van der Waals surface area contributed by atoms with Crippen LogP contribution in [0.3, 0.4) is 0 Å². The molecule has 0 saturated heterocycles. The Bertz CT molecular complexity index is 313. The van der Waals surface area contributed by atoms with Gasteiger partial charge >= 0.3 is 8.80 Å². The highest BCUT2D eigenvalue weighted by molar-refractivity contribution is 6.80. The van der Waals surface area contributed by atoms with Crippen LogP contribution in [0.2, 0.25) is 22.7 Å². The zero-order valence-corrected chi connectivity index (χ0v) is 20.6. The van der Waals surface area contributed by atoms with E-state index in [0.717, 1.165) is 35.6 Å². The molecule has 6 heteroatoms. The number of rotatable bonds is 14. The van der Waals surface area contributed by atoms with Crippen LogP contribution in [0.4, 0.5) is 0 Å². The predicted octanol–water partition coefficient (Wildman–Crippen LogP) is 5.53. The quantitative estimate of drug-likeness (QED) is 0.364. The molecule has 0 N–H and O–H groups in total. The summed E-state index contributed by atoms with van der Waals surface area (Å²) in [5, 5.41) is 0.